The van der Waals surface area contributed by atoms with E-state index in [-0.39, 0.29) is 0 Å². The Labute approximate surface area is 121 Å². The Kier molecular flexibility index (Phi) is 2.08. The Morgan fingerprint density at radius 1 is 1.24 bits per heavy atom. The van der Waals surface area contributed by atoms with Crippen LogP contribution in [0.25, 0.3) is 22.3 Å². The van der Waals surface area contributed by atoms with Crippen LogP contribution in [0.3, 0.4) is 0 Å². The molecule has 2 aliphatic carbocycles. The van der Waals surface area contributed by atoms with Crippen LogP contribution in [0.4, 0.5) is 0 Å². The second-order valence-electron chi connectivity index (χ2n) is 5.75. The third-order valence-corrected chi connectivity index (χ3v) is 4.47. The molecular formula is C17H14N4. The van der Waals surface area contributed by atoms with Crippen molar-refractivity contribution in [1.82, 2.24) is 19.5 Å². The minimum absolute atomic E-state index is 0.683. The number of allylic oxidation sites excluding steroid dienone is 4. The van der Waals surface area contributed by atoms with Crippen molar-refractivity contribution in [2.24, 2.45) is 11.8 Å². The van der Waals surface area contributed by atoms with Gasteiger partial charge in [0.05, 0.1) is 17.7 Å². The first-order chi connectivity index (χ1) is 10.4. The number of hydrogen-bond acceptors (Lipinski definition) is 2. The highest BCUT2D eigenvalue weighted by atomic mass is 15.0. The van der Waals surface area contributed by atoms with E-state index in [1.54, 1.807) is 0 Å². The van der Waals surface area contributed by atoms with E-state index in [0.717, 1.165) is 28.3 Å². The number of pyridine rings is 1. The van der Waals surface area contributed by atoms with Crippen molar-refractivity contribution in [2.75, 3.05) is 0 Å². The highest BCUT2D eigenvalue weighted by Crippen LogP contribution is 2.50. The molecular weight excluding hydrogens is 260 g/mol. The third-order valence-electron chi connectivity index (χ3n) is 4.47. The van der Waals surface area contributed by atoms with E-state index in [2.05, 4.69) is 50.0 Å². The quantitative estimate of drug-likeness (QED) is 0.779. The van der Waals surface area contributed by atoms with E-state index < -0.39 is 0 Å². The summed E-state index contributed by atoms with van der Waals surface area (Å²) in [6.07, 6.45) is 15.7. The van der Waals surface area contributed by atoms with Gasteiger partial charge in [0, 0.05) is 24.0 Å². The summed E-state index contributed by atoms with van der Waals surface area (Å²) in [5, 5.41) is 1.11. The smallest absolute Gasteiger partial charge is 0.139 e. The van der Waals surface area contributed by atoms with Gasteiger partial charge >= 0.3 is 0 Å². The Balaban J connectivity index is 1.61. The highest BCUT2D eigenvalue weighted by molar-refractivity contribution is 5.84. The van der Waals surface area contributed by atoms with Crippen LogP contribution in [-0.4, -0.2) is 19.5 Å². The lowest BCUT2D eigenvalue weighted by molar-refractivity contribution is 0.991. The number of nitrogens with zero attached hydrogens (tertiary/aromatic N) is 3. The monoisotopic (exact) mass is 274 g/mol. The van der Waals surface area contributed by atoms with Crippen LogP contribution in [-0.2, 0) is 0 Å². The molecule has 4 nitrogen and oxygen atoms in total. The van der Waals surface area contributed by atoms with E-state index in [4.69, 9.17) is 0 Å². The molecule has 0 radical (unpaired) electrons. The summed E-state index contributed by atoms with van der Waals surface area (Å²) >= 11 is 0. The Bertz CT molecular complexity index is 896. The van der Waals surface area contributed by atoms with Crippen LogP contribution < -0.4 is 0 Å². The molecule has 3 heterocycles. The maximum atomic E-state index is 4.61. The van der Waals surface area contributed by atoms with E-state index in [9.17, 15) is 0 Å². The van der Waals surface area contributed by atoms with Crippen molar-refractivity contribution in [1.29, 1.82) is 0 Å². The molecule has 0 aromatic carbocycles. The van der Waals surface area contributed by atoms with E-state index >= 15 is 0 Å². The number of nitrogens with one attached hydrogen (secondary N) is 1. The average Bonchev–Trinajstić information content (AvgIpc) is 2.95. The molecule has 2 unspecified atom stereocenters. The number of rotatable bonds is 2. The first-order valence-corrected chi connectivity index (χ1v) is 7.25. The second kappa shape index (κ2) is 3.95. The molecule has 0 bridgehead atoms. The summed E-state index contributed by atoms with van der Waals surface area (Å²) in [6.45, 7) is 0. The molecule has 5 rings (SSSR count). The topological polar surface area (TPSA) is 46.5 Å². The summed E-state index contributed by atoms with van der Waals surface area (Å²) in [5.41, 5.74) is 4.48. The summed E-state index contributed by atoms with van der Waals surface area (Å²) in [6, 6.07) is 4.08. The summed E-state index contributed by atoms with van der Waals surface area (Å²) in [4.78, 5) is 12.1. The fraction of sp³-hybridized carbons (Fsp3) is 0.176. The van der Waals surface area contributed by atoms with Gasteiger partial charge in [-0.3, -0.25) is 0 Å². The van der Waals surface area contributed by atoms with Crippen molar-refractivity contribution in [3.05, 3.63) is 61.0 Å². The molecule has 2 aliphatic rings. The molecule has 0 aliphatic heterocycles. The van der Waals surface area contributed by atoms with Crippen LogP contribution in [0.1, 0.15) is 12.1 Å². The molecule has 1 N–H and O–H groups in total. The fourth-order valence-corrected chi connectivity index (χ4v) is 3.26. The van der Waals surface area contributed by atoms with Gasteiger partial charge in [-0.05, 0) is 36.0 Å². The number of aromatic nitrogens is 4. The molecule has 4 heteroatoms. The zero-order chi connectivity index (χ0) is 13.8. The van der Waals surface area contributed by atoms with Gasteiger partial charge in [-0.15, -0.1) is 0 Å². The number of imidazole rings is 1. The Morgan fingerprint density at radius 3 is 3.24 bits per heavy atom. The van der Waals surface area contributed by atoms with Crippen LogP contribution >= 0.6 is 0 Å². The molecule has 102 valence electrons. The molecule has 3 aromatic rings. The van der Waals surface area contributed by atoms with Gasteiger partial charge in [-0.1, -0.05) is 18.2 Å². The normalized spacial score (nSPS) is 23.1. The zero-order valence-corrected chi connectivity index (χ0v) is 11.4. The largest absolute Gasteiger partial charge is 0.346 e. The van der Waals surface area contributed by atoms with Gasteiger partial charge in [0.1, 0.15) is 5.65 Å². The van der Waals surface area contributed by atoms with Gasteiger partial charge < -0.3 is 9.55 Å². The summed E-state index contributed by atoms with van der Waals surface area (Å²) in [5.74, 6) is 1.43. The minimum atomic E-state index is 0.683. The lowest BCUT2D eigenvalue weighted by atomic mass is 10.0. The molecule has 0 spiro atoms. The highest BCUT2D eigenvalue weighted by Gasteiger charge is 2.40. The second-order valence-corrected chi connectivity index (χ2v) is 5.75. The Hall–Kier alpha value is -2.62. The molecule has 1 saturated carbocycles. The molecule has 2 atom stereocenters. The molecule has 3 aromatic heterocycles. The van der Waals surface area contributed by atoms with Crippen LogP contribution in [0.2, 0.25) is 0 Å². The third kappa shape index (κ3) is 1.62. The maximum absolute atomic E-state index is 4.61. The summed E-state index contributed by atoms with van der Waals surface area (Å²) < 4.78 is 2.09. The number of H-pyrrole nitrogens is 1. The number of hydrogen-bond donors (Lipinski definition) is 1. The van der Waals surface area contributed by atoms with Crippen molar-refractivity contribution in [3.8, 4) is 5.69 Å². The van der Waals surface area contributed by atoms with Gasteiger partial charge in [0.2, 0.25) is 0 Å². The molecule has 0 saturated heterocycles. The predicted octanol–water partition coefficient (Wildman–Crippen LogP) is 3.34. The minimum Gasteiger partial charge on any atom is -0.346 e. The van der Waals surface area contributed by atoms with Crippen molar-refractivity contribution in [3.63, 3.8) is 0 Å². The first kappa shape index (κ1) is 11.1. The molecule has 1 fully saturated rings. The average molecular weight is 274 g/mol. The standard InChI is InChI=1S/C17H14N4/c1-2-11-8-14(11)12(3-1)15-9-21(10-20-15)16-5-7-19-17-13(16)4-6-18-17/h1-7,9-11,14H,8H2,(H,18,19). The number of fused-ring (bicyclic) bond motifs is 2. The molecule has 21 heavy (non-hydrogen) atoms. The van der Waals surface area contributed by atoms with Crippen LogP contribution in [0.5, 0.6) is 0 Å². The van der Waals surface area contributed by atoms with Crippen LogP contribution in [0.15, 0.2) is 55.3 Å². The zero-order valence-electron chi connectivity index (χ0n) is 11.4. The first-order valence-electron chi connectivity index (χ1n) is 7.25. The Morgan fingerprint density at radius 2 is 2.24 bits per heavy atom. The van der Waals surface area contributed by atoms with E-state index in [0.29, 0.717) is 5.92 Å². The van der Waals surface area contributed by atoms with Crippen molar-refractivity contribution < 1.29 is 0 Å². The van der Waals surface area contributed by atoms with Gasteiger partial charge in [-0.2, -0.15) is 0 Å². The van der Waals surface area contributed by atoms with Crippen molar-refractivity contribution in [2.45, 2.75) is 6.42 Å². The fourth-order valence-electron chi connectivity index (χ4n) is 3.26. The lowest BCUT2D eigenvalue weighted by Gasteiger charge is -2.05. The lowest BCUT2D eigenvalue weighted by Crippen LogP contribution is -1.93. The SMILES string of the molecule is C1=CC2CC2C(c2cn(-c3ccnc4[nH]ccc34)cn2)=C1. The van der Waals surface area contributed by atoms with Gasteiger partial charge in [0.15, 0.2) is 0 Å². The van der Waals surface area contributed by atoms with E-state index in [1.807, 2.05) is 24.8 Å². The number of aromatic amines is 1. The van der Waals surface area contributed by atoms with Crippen molar-refractivity contribution >= 4 is 16.6 Å². The molecule has 0 amide bonds. The summed E-state index contributed by atoms with van der Waals surface area (Å²) in [7, 11) is 0. The van der Waals surface area contributed by atoms with E-state index in [1.165, 1.54) is 12.0 Å². The predicted molar refractivity (Wildman–Crippen MR) is 81.9 cm³/mol. The maximum Gasteiger partial charge on any atom is 0.139 e. The van der Waals surface area contributed by atoms with Gasteiger partial charge in [0.25, 0.3) is 0 Å². The van der Waals surface area contributed by atoms with Gasteiger partial charge in [-0.25, -0.2) is 9.97 Å². The van der Waals surface area contributed by atoms with Crippen LogP contribution in [0, 0.1) is 11.8 Å².